The number of nitro benzene ring substituents is 1. The first-order valence-corrected chi connectivity index (χ1v) is 10.3. The highest BCUT2D eigenvalue weighted by molar-refractivity contribution is 5.79. The van der Waals surface area contributed by atoms with Gasteiger partial charge in [-0.2, -0.15) is 0 Å². The van der Waals surface area contributed by atoms with E-state index >= 15 is 0 Å². The first-order chi connectivity index (χ1) is 15.5. The van der Waals surface area contributed by atoms with E-state index in [4.69, 9.17) is 10.5 Å². The van der Waals surface area contributed by atoms with E-state index in [0.29, 0.717) is 24.2 Å². The summed E-state index contributed by atoms with van der Waals surface area (Å²) in [6, 6.07) is 20.7. The molecule has 7 heteroatoms. The number of rotatable bonds is 7. The maximum absolute atomic E-state index is 12.2. The zero-order chi connectivity index (χ0) is 22.5. The van der Waals surface area contributed by atoms with Gasteiger partial charge in [0.15, 0.2) is 0 Å². The van der Waals surface area contributed by atoms with E-state index in [1.165, 1.54) is 40.5 Å². The Balaban J connectivity index is 1.28. The zero-order valence-corrected chi connectivity index (χ0v) is 17.4. The van der Waals surface area contributed by atoms with Crippen molar-refractivity contribution in [2.45, 2.75) is 12.3 Å². The van der Waals surface area contributed by atoms with Gasteiger partial charge in [-0.3, -0.25) is 10.1 Å². The fourth-order valence-electron chi connectivity index (χ4n) is 3.94. The van der Waals surface area contributed by atoms with Gasteiger partial charge in [-0.1, -0.05) is 60.7 Å². The number of hydrogen-bond acceptors (Lipinski definition) is 5. The number of alkyl carbamates (subject to hydrolysis) is 1. The number of hydrogen-bond donors (Lipinski definition) is 2. The summed E-state index contributed by atoms with van der Waals surface area (Å²) in [6.45, 7) is 0.641. The van der Waals surface area contributed by atoms with Gasteiger partial charge in [0.05, 0.1) is 4.92 Å². The van der Waals surface area contributed by atoms with Gasteiger partial charge in [0.25, 0.3) is 5.69 Å². The summed E-state index contributed by atoms with van der Waals surface area (Å²) in [6.07, 6.45) is 3.57. The number of benzene rings is 3. The van der Waals surface area contributed by atoms with Crippen molar-refractivity contribution in [3.63, 3.8) is 0 Å². The van der Waals surface area contributed by atoms with Gasteiger partial charge < -0.3 is 15.8 Å². The number of carbonyl (C=O) groups excluding carboxylic acids is 1. The van der Waals surface area contributed by atoms with Gasteiger partial charge in [-0.25, -0.2) is 4.79 Å². The summed E-state index contributed by atoms with van der Waals surface area (Å²) in [7, 11) is 0. The fourth-order valence-corrected chi connectivity index (χ4v) is 3.94. The van der Waals surface area contributed by atoms with E-state index < -0.39 is 11.0 Å². The highest BCUT2D eigenvalue weighted by atomic mass is 16.6. The number of fused-ring (bicyclic) bond motifs is 3. The molecule has 32 heavy (non-hydrogen) atoms. The van der Waals surface area contributed by atoms with Gasteiger partial charge >= 0.3 is 6.09 Å². The third kappa shape index (κ3) is 4.46. The van der Waals surface area contributed by atoms with Crippen LogP contribution in [0.4, 0.5) is 16.2 Å². The molecule has 0 fully saturated rings. The number of non-ortho nitro benzene ring substituents is 1. The first-order valence-electron chi connectivity index (χ1n) is 10.3. The molecule has 0 heterocycles. The second-order valence-corrected chi connectivity index (χ2v) is 7.51. The molecular weight excluding hydrogens is 406 g/mol. The highest BCUT2D eigenvalue weighted by Crippen LogP contribution is 2.44. The molecule has 4 rings (SSSR count). The van der Waals surface area contributed by atoms with Crippen LogP contribution < -0.4 is 11.1 Å². The number of anilines is 1. The smallest absolute Gasteiger partial charge is 0.407 e. The number of nitro groups is 1. The van der Waals surface area contributed by atoms with Crippen molar-refractivity contribution in [3.8, 4) is 11.1 Å². The predicted molar refractivity (Wildman–Crippen MR) is 124 cm³/mol. The molecule has 3 aromatic carbocycles. The number of amides is 1. The minimum Gasteiger partial charge on any atom is -0.449 e. The lowest BCUT2D eigenvalue weighted by Gasteiger charge is -2.14. The third-order valence-electron chi connectivity index (χ3n) is 5.50. The Morgan fingerprint density at radius 2 is 1.72 bits per heavy atom. The van der Waals surface area contributed by atoms with Crippen molar-refractivity contribution in [1.82, 2.24) is 5.32 Å². The molecule has 0 spiro atoms. The van der Waals surface area contributed by atoms with Crippen LogP contribution in [-0.4, -0.2) is 24.2 Å². The molecule has 0 atom stereocenters. The number of carbonyl (C=O) groups is 1. The SMILES string of the molecule is Nc1ccc([N+](=O)[O-])cc1C=CCCNC(=O)OCC1c2ccccc2-c2ccccc21. The Morgan fingerprint density at radius 3 is 2.38 bits per heavy atom. The van der Waals surface area contributed by atoms with Crippen LogP contribution in [0.3, 0.4) is 0 Å². The standard InChI is InChI=1S/C25H23N3O4/c26-24-13-12-18(28(30)31)15-17(24)7-5-6-14-27-25(29)32-16-23-21-10-3-1-8-19(21)20-9-2-4-11-22(20)23/h1-5,7-13,15,23H,6,14,16,26H2,(H,27,29). The number of nitrogen functional groups attached to an aromatic ring is 1. The van der Waals surface area contributed by atoms with Gasteiger partial charge in [-0.15, -0.1) is 0 Å². The summed E-state index contributed by atoms with van der Waals surface area (Å²) in [5, 5.41) is 13.6. The van der Waals surface area contributed by atoms with E-state index in [-0.39, 0.29) is 18.2 Å². The molecular formula is C25H23N3O4. The Morgan fingerprint density at radius 1 is 1.06 bits per heavy atom. The van der Waals surface area contributed by atoms with E-state index in [2.05, 4.69) is 29.6 Å². The van der Waals surface area contributed by atoms with E-state index in [9.17, 15) is 14.9 Å². The van der Waals surface area contributed by atoms with Gasteiger partial charge in [0.2, 0.25) is 0 Å². The topological polar surface area (TPSA) is 107 Å². The molecule has 162 valence electrons. The van der Waals surface area contributed by atoms with Crippen molar-refractivity contribution in [2.24, 2.45) is 0 Å². The Labute approximate surface area is 185 Å². The molecule has 0 saturated carbocycles. The second kappa shape index (κ2) is 9.34. The molecule has 0 saturated heterocycles. The first kappa shape index (κ1) is 21.1. The molecule has 1 amide bonds. The molecule has 0 aliphatic heterocycles. The lowest BCUT2D eigenvalue weighted by atomic mass is 9.98. The molecule has 0 radical (unpaired) electrons. The maximum atomic E-state index is 12.2. The number of nitrogens with two attached hydrogens (primary N) is 1. The molecule has 7 nitrogen and oxygen atoms in total. The average molecular weight is 429 g/mol. The van der Waals surface area contributed by atoms with Crippen molar-refractivity contribution in [3.05, 3.63) is 99.6 Å². The van der Waals surface area contributed by atoms with E-state index in [1.54, 1.807) is 12.2 Å². The largest absolute Gasteiger partial charge is 0.449 e. The Bertz CT molecular complexity index is 1140. The molecule has 0 bridgehead atoms. The number of ether oxygens (including phenoxy) is 1. The summed E-state index contributed by atoms with van der Waals surface area (Å²) in [5.74, 6) is 0.0184. The minimum atomic E-state index is -0.477. The zero-order valence-electron chi connectivity index (χ0n) is 17.4. The van der Waals surface area contributed by atoms with Crippen molar-refractivity contribution in [2.75, 3.05) is 18.9 Å². The monoisotopic (exact) mass is 429 g/mol. The summed E-state index contributed by atoms with van der Waals surface area (Å²) in [4.78, 5) is 22.6. The summed E-state index contributed by atoms with van der Waals surface area (Å²) < 4.78 is 5.50. The summed E-state index contributed by atoms with van der Waals surface area (Å²) in [5.41, 5.74) is 11.6. The normalized spacial score (nSPS) is 12.4. The van der Waals surface area contributed by atoms with Crippen LogP contribution >= 0.6 is 0 Å². The third-order valence-corrected chi connectivity index (χ3v) is 5.50. The van der Waals surface area contributed by atoms with E-state index in [1.807, 2.05) is 24.3 Å². The number of nitrogens with zero attached hydrogens (tertiary/aromatic N) is 1. The van der Waals surface area contributed by atoms with Gasteiger partial charge in [-0.05, 0) is 34.7 Å². The van der Waals surface area contributed by atoms with Crippen LogP contribution in [0.2, 0.25) is 0 Å². The van der Waals surface area contributed by atoms with Crippen LogP contribution in [0.25, 0.3) is 17.2 Å². The quantitative estimate of drug-likeness (QED) is 0.235. The average Bonchev–Trinajstić information content (AvgIpc) is 3.12. The highest BCUT2D eigenvalue weighted by Gasteiger charge is 2.28. The van der Waals surface area contributed by atoms with Gasteiger partial charge in [0, 0.05) is 35.8 Å². The minimum absolute atomic E-state index is 0.0180. The van der Waals surface area contributed by atoms with Crippen LogP contribution in [0.1, 0.15) is 29.0 Å². The van der Waals surface area contributed by atoms with E-state index in [0.717, 1.165) is 0 Å². The molecule has 3 N–H and O–H groups in total. The lowest BCUT2D eigenvalue weighted by Crippen LogP contribution is -2.26. The molecule has 1 aliphatic carbocycles. The van der Waals surface area contributed by atoms with Crippen molar-refractivity contribution in [1.29, 1.82) is 0 Å². The van der Waals surface area contributed by atoms with Crippen molar-refractivity contribution < 1.29 is 14.5 Å². The number of nitrogens with one attached hydrogen (secondary N) is 1. The molecule has 3 aromatic rings. The molecule has 1 aliphatic rings. The predicted octanol–water partition coefficient (Wildman–Crippen LogP) is 5.12. The molecule has 0 unspecified atom stereocenters. The lowest BCUT2D eigenvalue weighted by molar-refractivity contribution is -0.384. The Hall–Kier alpha value is -4.13. The van der Waals surface area contributed by atoms with Crippen molar-refractivity contribution >= 4 is 23.5 Å². The maximum Gasteiger partial charge on any atom is 0.407 e. The fraction of sp³-hybridized carbons (Fsp3) is 0.160. The van der Waals surface area contributed by atoms with Crippen LogP contribution in [0.15, 0.2) is 72.8 Å². The Kier molecular flexibility index (Phi) is 6.17. The second-order valence-electron chi connectivity index (χ2n) is 7.51. The van der Waals surface area contributed by atoms with Crippen LogP contribution in [0, 0.1) is 10.1 Å². The van der Waals surface area contributed by atoms with Crippen LogP contribution in [0.5, 0.6) is 0 Å². The van der Waals surface area contributed by atoms with Crippen LogP contribution in [-0.2, 0) is 4.74 Å². The summed E-state index contributed by atoms with van der Waals surface area (Å²) >= 11 is 0. The molecule has 0 aromatic heterocycles. The van der Waals surface area contributed by atoms with Gasteiger partial charge in [0.1, 0.15) is 6.61 Å².